The molecule has 0 bridgehead atoms. The van der Waals surface area contributed by atoms with Crippen LogP contribution in [0.15, 0.2) is 0 Å². The molecule has 0 atom stereocenters. The third kappa shape index (κ3) is 4.18. The number of likely N-dealkylation sites (N-methyl/N-ethyl adjacent to an activating group) is 1. The molecule has 0 unspecified atom stereocenters. The van der Waals surface area contributed by atoms with E-state index in [-0.39, 0.29) is 5.41 Å². The van der Waals surface area contributed by atoms with E-state index in [4.69, 9.17) is 4.98 Å². The highest BCUT2D eigenvalue weighted by Crippen LogP contribution is 2.34. The molecule has 1 aliphatic rings. The minimum atomic E-state index is 0.116. The number of piperazine rings is 1. The van der Waals surface area contributed by atoms with Gasteiger partial charge in [0.1, 0.15) is 0 Å². The van der Waals surface area contributed by atoms with Crippen molar-refractivity contribution in [1.29, 1.82) is 0 Å². The normalized spacial score (nSPS) is 17.5. The number of nitrogens with one attached hydrogen (secondary N) is 1. The lowest BCUT2D eigenvalue weighted by molar-refractivity contribution is 0.271. The first-order valence-electron chi connectivity index (χ1n) is 8.14. The van der Waals surface area contributed by atoms with E-state index in [0.29, 0.717) is 0 Å². The Bertz CT molecular complexity index is 442. The molecule has 0 radical (unpaired) electrons. The molecule has 0 aliphatic carbocycles. The Labute approximate surface area is 133 Å². The van der Waals surface area contributed by atoms with Gasteiger partial charge < -0.3 is 15.1 Å². The van der Waals surface area contributed by atoms with Crippen molar-refractivity contribution >= 4 is 16.5 Å². The summed E-state index contributed by atoms with van der Waals surface area (Å²) >= 11 is 1.88. The van der Waals surface area contributed by atoms with Crippen molar-refractivity contribution in [3.63, 3.8) is 0 Å². The fourth-order valence-electron chi connectivity index (χ4n) is 2.67. The van der Waals surface area contributed by atoms with Gasteiger partial charge in [-0.15, -0.1) is 11.3 Å². The van der Waals surface area contributed by atoms with Gasteiger partial charge in [-0.25, -0.2) is 4.98 Å². The predicted molar refractivity (Wildman–Crippen MR) is 92.5 cm³/mol. The summed E-state index contributed by atoms with van der Waals surface area (Å²) in [7, 11) is 0. The van der Waals surface area contributed by atoms with Gasteiger partial charge in [0.05, 0.1) is 5.69 Å². The van der Waals surface area contributed by atoms with E-state index in [0.717, 1.165) is 45.8 Å². The molecule has 0 aromatic carbocycles. The molecule has 120 valence electrons. The molecule has 2 rings (SSSR count). The van der Waals surface area contributed by atoms with Crippen LogP contribution in [0.5, 0.6) is 0 Å². The van der Waals surface area contributed by atoms with Gasteiger partial charge in [0.2, 0.25) is 0 Å². The molecule has 1 aliphatic heterocycles. The molecule has 5 heteroatoms. The lowest BCUT2D eigenvalue weighted by atomic mass is 9.91. The smallest absolute Gasteiger partial charge is 0.185 e. The molecular formula is C16H30N4S. The number of nitrogens with zero attached hydrogens (tertiary/aromatic N) is 3. The molecule has 1 N–H and O–H groups in total. The van der Waals surface area contributed by atoms with Gasteiger partial charge in [-0.05, 0) is 13.1 Å². The van der Waals surface area contributed by atoms with Crippen LogP contribution in [0.1, 0.15) is 45.2 Å². The van der Waals surface area contributed by atoms with Crippen LogP contribution in [0.3, 0.4) is 0 Å². The molecule has 2 heterocycles. The van der Waals surface area contributed by atoms with Crippen LogP contribution in [0.2, 0.25) is 0 Å². The highest BCUT2D eigenvalue weighted by Gasteiger charge is 2.26. The van der Waals surface area contributed by atoms with Crippen molar-refractivity contribution in [2.24, 2.45) is 0 Å². The van der Waals surface area contributed by atoms with E-state index in [9.17, 15) is 0 Å². The number of anilines is 1. The number of aromatic nitrogens is 1. The first-order valence-corrected chi connectivity index (χ1v) is 8.95. The number of hydrogen-bond acceptors (Lipinski definition) is 5. The summed E-state index contributed by atoms with van der Waals surface area (Å²) in [5.41, 5.74) is 1.38. The lowest BCUT2D eigenvalue weighted by Gasteiger charge is -2.33. The monoisotopic (exact) mass is 310 g/mol. The SMILES string of the molecule is CCNCc1sc(N2CCN(CC)CC2)nc1C(C)(C)C. The molecule has 21 heavy (non-hydrogen) atoms. The van der Waals surface area contributed by atoms with E-state index >= 15 is 0 Å². The maximum Gasteiger partial charge on any atom is 0.185 e. The van der Waals surface area contributed by atoms with Gasteiger partial charge >= 0.3 is 0 Å². The largest absolute Gasteiger partial charge is 0.346 e. The average molecular weight is 311 g/mol. The van der Waals surface area contributed by atoms with Gasteiger partial charge in [0.15, 0.2) is 5.13 Å². The zero-order chi connectivity index (χ0) is 15.5. The molecule has 1 aromatic heterocycles. The van der Waals surface area contributed by atoms with Crippen LogP contribution < -0.4 is 10.2 Å². The molecule has 0 saturated carbocycles. The number of hydrogen-bond donors (Lipinski definition) is 1. The molecule has 1 fully saturated rings. The van der Waals surface area contributed by atoms with Crippen molar-refractivity contribution in [3.8, 4) is 0 Å². The van der Waals surface area contributed by atoms with Crippen molar-refractivity contribution in [2.75, 3.05) is 44.2 Å². The highest BCUT2D eigenvalue weighted by molar-refractivity contribution is 7.15. The van der Waals surface area contributed by atoms with Crippen molar-refractivity contribution in [3.05, 3.63) is 10.6 Å². The summed E-state index contributed by atoms with van der Waals surface area (Å²) in [6, 6.07) is 0. The Morgan fingerprint density at radius 3 is 2.33 bits per heavy atom. The lowest BCUT2D eigenvalue weighted by Crippen LogP contribution is -2.46. The highest BCUT2D eigenvalue weighted by atomic mass is 32.1. The molecule has 0 amide bonds. The topological polar surface area (TPSA) is 31.4 Å². The molecule has 4 nitrogen and oxygen atoms in total. The molecule has 1 saturated heterocycles. The van der Waals surface area contributed by atoms with Crippen molar-refractivity contribution in [1.82, 2.24) is 15.2 Å². The van der Waals surface area contributed by atoms with Gasteiger partial charge in [0, 0.05) is 43.0 Å². The molecule has 1 aromatic rings. The first kappa shape index (κ1) is 16.7. The van der Waals surface area contributed by atoms with Gasteiger partial charge in [-0.2, -0.15) is 0 Å². The van der Waals surface area contributed by atoms with Gasteiger partial charge in [0.25, 0.3) is 0 Å². The van der Waals surface area contributed by atoms with Crippen LogP contribution in [0.25, 0.3) is 0 Å². The zero-order valence-corrected chi connectivity index (χ0v) is 15.0. The van der Waals surface area contributed by atoms with Crippen LogP contribution in [0.4, 0.5) is 5.13 Å². The third-order valence-electron chi connectivity index (χ3n) is 4.02. The summed E-state index contributed by atoms with van der Waals surface area (Å²) in [6.07, 6.45) is 0. The summed E-state index contributed by atoms with van der Waals surface area (Å²) < 4.78 is 0. The Kier molecular flexibility index (Phi) is 5.63. The minimum absolute atomic E-state index is 0.116. The van der Waals surface area contributed by atoms with Crippen LogP contribution in [-0.4, -0.2) is 49.2 Å². The van der Waals surface area contributed by atoms with Crippen LogP contribution in [0, 0.1) is 0 Å². The Balaban J connectivity index is 2.15. The minimum Gasteiger partial charge on any atom is -0.346 e. The maximum absolute atomic E-state index is 4.99. The molecule has 0 spiro atoms. The second kappa shape index (κ2) is 7.07. The van der Waals surface area contributed by atoms with Gasteiger partial charge in [-0.3, -0.25) is 0 Å². The van der Waals surface area contributed by atoms with E-state index in [1.54, 1.807) is 0 Å². The van der Waals surface area contributed by atoms with Crippen LogP contribution >= 0.6 is 11.3 Å². The third-order valence-corrected chi connectivity index (χ3v) is 5.14. The standard InChI is InChI=1S/C16H30N4S/c1-6-17-12-13-14(16(3,4)5)18-15(21-13)20-10-8-19(7-2)9-11-20/h17H,6-12H2,1-5H3. The summed E-state index contributed by atoms with van der Waals surface area (Å²) in [4.78, 5) is 11.4. The van der Waals surface area contributed by atoms with E-state index < -0.39 is 0 Å². The summed E-state index contributed by atoms with van der Waals surface area (Å²) in [5, 5.41) is 4.66. The Morgan fingerprint density at radius 2 is 1.81 bits per heavy atom. The maximum atomic E-state index is 4.99. The second-order valence-electron chi connectivity index (χ2n) is 6.72. The molecular weight excluding hydrogens is 280 g/mol. The van der Waals surface area contributed by atoms with E-state index in [2.05, 4.69) is 49.7 Å². The summed E-state index contributed by atoms with van der Waals surface area (Å²) in [6.45, 7) is 18.8. The van der Waals surface area contributed by atoms with E-state index in [1.807, 2.05) is 11.3 Å². The number of rotatable bonds is 5. The quantitative estimate of drug-likeness (QED) is 0.906. The first-order chi connectivity index (χ1) is 9.95. The second-order valence-corrected chi connectivity index (χ2v) is 7.78. The average Bonchev–Trinajstić information content (AvgIpc) is 2.89. The number of thiazole rings is 1. The summed E-state index contributed by atoms with van der Waals surface area (Å²) in [5.74, 6) is 0. The van der Waals surface area contributed by atoms with Crippen molar-refractivity contribution in [2.45, 2.75) is 46.6 Å². The Hall–Kier alpha value is -0.650. The Morgan fingerprint density at radius 1 is 1.14 bits per heavy atom. The fraction of sp³-hybridized carbons (Fsp3) is 0.812. The van der Waals surface area contributed by atoms with Crippen LogP contribution in [-0.2, 0) is 12.0 Å². The predicted octanol–water partition coefficient (Wildman–Crippen LogP) is 2.69. The van der Waals surface area contributed by atoms with Crippen molar-refractivity contribution < 1.29 is 0 Å². The fourth-order valence-corrected chi connectivity index (χ4v) is 3.97. The van der Waals surface area contributed by atoms with Gasteiger partial charge in [-0.1, -0.05) is 34.6 Å². The van der Waals surface area contributed by atoms with E-state index in [1.165, 1.54) is 15.7 Å². The zero-order valence-electron chi connectivity index (χ0n) is 14.2.